The molecule has 0 amide bonds. The van der Waals surface area contributed by atoms with Gasteiger partial charge in [0.15, 0.2) is 0 Å². The van der Waals surface area contributed by atoms with Gasteiger partial charge in [0.05, 0.1) is 0 Å². The van der Waals surface area contributed by atoms with E-state index in [0.717, 1.165) is 6.42 Å². The molecule has 1 heteroatoms. The molecule has 0 aliphatic heterocycles. The van der Waals surface area contributed by atoms with Gasteiger partial charge in [0.1, 0.15) is 0 Å². The van der Waals surface area contributed by atoms with Gasteiger partial charge in [-0.2, -0.15) is 19.3 Å². The smallest absolute Gasteiger partial charge is 0.358 e. The summed E-state index contributed by atoms with van der Waals surface area (Å²) in [6.07, 6.45) is 10.5. The molecule has 0 heterocycles. The molecular weight excluding hydrogens is 230 g/mol. The largest absolute Gasteiger partial charge is 4.00 e. The van der Waals surface area contributed by atoms with Gasteiger partial charge in [0.25, 0.3) is 0 Å². The molecule has 1 rings (SSSR count). The SMILES string of the molecule is [CH-]1CCCCC1.[CH2-]CC.[CH3-].[CH3-].[Tc+4]. The van der Waals surface area contributed by atoms with Crippen molar-refractivity contribution in [1.82, 2.24) is 0 Å². The Hall–Kier alpha value is 0.649. The van der Waals surface area contributed by atoms with Crippen LogP contribution in [-0.4, -0.2) is 0 Å². The van der Waals surface area contributed by atoms with Gasteiger partial charge in [-0.3, -0.25) is 0 Å². The first-order valence-corrected chi connectivity index (χ1v) is 4.02. The normalized spacial score (nSPS) is 13.5. The molecule has 1 fully saturated rings. The van der Waals surface area contributed by atoms with Gasteiger partial charge in [0, 0.05) is 0 Å². The van der Waals surface area contributed by atoms with E-state index in [9.17, 15) is 0 Å². The zero-order valence-corrected chi connectivity index (χ0v) is 10.8. The van der Waals surface area contributed by atoms with Crippen LogP contribution < -0.4 is 0 Å². The first kappa shape index (κ1) is 22.9. The van der Waals surface area contributed by atoms with Gasteiger partial charge in [-0.15, -0.1) is 0 Å². The minimum atomic E-state index is 0. The Bertz CT molecular complexity index is 28.8. The zero-order chi connectivity index (χ0) is 6.95. The van der Waals surface area contributed by atoms with Crippen LogP contribution in [0.2, 0.25) is 0 Å². The maximum Gasteiger partial charge on any atom is 4.00 e. The van der Waals surface area contributed by atoms with Gasteiger partial charge in [-0.1, -0.05) is 26.2 Å². The third kappa shape index (κ3) is 22.4. The van der Waals surface area contributed by atoms with E-state index in [0.29, 0.717) is 0 Å². The Morgan fingerprint density at radius 3 is 1.50 bits per heavy atom. The fraction of sp³-hybridized carbons (Fsp3) is 0.636. The maximum atomic E-state index is 3.49. The predicted octanol–water partition coefficient (Wildman–Crippen LogP) is 4.28. The van der Waals surface area contributed by atoms with E-state index in [-0.39, 0.29) is 35.0 Å². The molecule has 0 N–H and O–H groups in total. The summed E-state index contributed by atoms with van der Waals surface area (Å²) < 4.78 is 0. The molecule has 75 valence electrons. The van der Waals surface area contributed by atoms with Crippen LogP contribution >= 0.6 is 0 Å². The van der Waals surface area contributed by atoms with Gasteiger partial charge in [-0.25, -0.2) is 0 Å². The molecule has 0 aromatic rings. The van der Waals surface area contributed by atoms with Gasteiger partial charge < -0.3 is 28.2 Å². The van der Waals surface area contributed by atoms with Crippen LogP contribution in [0.3, 0.4) is 0 Å². The quantitative estimate of drug-likeness (QED) is 0.566. The molecule has 1 radical (unpaired) electrons. The van der Waals surface area contributed by atoms with E-state index in [2.05, 4.69) is 13.3 Å². The van der Waals surface area contributed by atoms with E-state index in [1.807, 2.05) is 6.92 Å². The third-order valence-corrected chi connectivity index (χ3v) is 1.32. The molecule has 12 heavy (non-hydrogen) atoms. The molecule has 0 atom stereocenters. The summed E-state index contributed by atoms with van der Waals surface area (Å²) in [6, 6.07) is 0. The Labute approximate surface area is 93.9 Å². The summed E-state index contributed by atoms with van der Waals surface area (Å²) in [5.41, 5.74) is 0. The molecule has 0 nitrogen and oxygen atoms in total. The molecular formula is C11H24Tc. The summed E-state index contributed by atoms with van der Waals surface area (Å²) in [5, 5.41) is 0. The van der Waals surface area contributed by atoms with Crippen molar-refractivity contribution in [3.63, 3.8) is 0 Å². The monoisotopic (exact) mass is 253 g/mol. The Kier molecular flexibility index (Phi) is 43.2. The van der Waals surface area contributed by atoms with E-state index in [1.165, 1.54) is 32.1 Å². The molecule has 0 bridgehead atoms. The van der Waals surface area contributed by atoms with Crippen molar-refractivity contribution in [2.24, 2.45) is 0 Å². The molecule has 1 aliphatic rings. The van der Waals surface area contributed by atoms with E-state index < -0.39 is 0 Å². The third-order valence-electron chi connectivity index (χ3n) is 1.32. The van der Waals surface area contributed by atoms with Crippen LogP contribution in [0.25, 0.3) is 0 Å². The summed E-state index contributed by atoms with van der Waals surface area (Å²) in [6.45, 7) is 5.50. The van der Waals surface area contributed by atoms with Crippen LogP contribution in [0.4, 0.5) is 0 Å². The molecule has 1 aliphatic carbocycles. The summed E-state index contributed by atoms with van der Waals surface area (Å²) in [4.78, 5) is 0. The predicted molar refractivity (Wildman–Crippen MR) is 55.9 cm³/mol. The molecule has 0 aromatic carbocycles. The summed E-state index contributed by atoms with van der Waals surface area (Å²) in [5.74, 6) is 0. The molecule has 0 spiro atoms. The van der Waals surface area contributed by atoms with Gasteiger partial charge >= 0.3 is 20.1 Å². The Morgan fingerprint density at radius 2 is 1.42 bits per heavy atom. The van der Waals surface area contributed by atoms with Crippen LogP contribution in [0.5, 0.6) is 0 Å². The standard InChI is InChI=1S/C6H11.C3H7.2CH3.Tc/c1-2-4-6-5-3-1;1-3-2;;;/h1H,2-6H2;1,3H2,2H3;2*1H3;/q4*-1;+4. The summed E-state index contributed by atoms with van der Waals surface area (Å²) in [7, 11) is 0. The average molecular weight is 254 g/mol. The van der Waals surface area contributed by atoms with Crippen LogP contribution in [0, 0.1) is 28.2 Å². The number of hydrogen-bond acceptors (Lipinski definition) is 0. The second kappa shape index (κ2) is 22.6. The second-order valence-corrected chi connectivity index (χ2v) is 2.43. The first-order valence-electron chi connectivity index (χ1n) is 4.02. The van der Waals surface area contributed by atoms with Crippen molar-refractivity contribution in [2.75, 3.05) is 0 Å². The fourth-order valence-electron chi connectivity index (χ4n) is 0.898. The average Bonchev–Trinajstić information content (AvgIpc) is 1.93. The number of rotatable bonds is 0. The first-order chi connectivity index (χ1) is 4.41. The second-order valence-electron chi connectivity index (χ2n) is 2.43. The topological polar surface area (TPSA) is 0 Å². The summed E-state index contributed by atoms with van der Waals surface area (Å²) >= 11 is 0. The Morgan fingerprint density at radius 1 is 1.08 bits per heavy atom. The zero-order valence-electron chi connectivity index (χ0n) is 8.91. The molecule has 1 saturated carbocycles. The van der Waals surface area contributed by atoms with E-state index >= 15 is 0 Å². The van der Waals surface area contributed by atoms with Gasteiger partial charge in [-0.05, 0) is 0 Å². The number of hydrogen-bond donors (Lipinski definition) is 0. The van der Waals surface area contributed by atoms with Crippen LogP contribution in [0.1, 0.15) is 45.4 Å². The van der Waals surface area contributed by atoms with E-state index in [4.69, 9.17) is 0 Å². The minimum Gasteiger partial charge on any atom is -0.358 e. The van der Waals surface area contributed by atoms with Crippen molar-refractivity contribution in [3.05, 3.63) is 28.2 Å². The van der Waals surface area contributed by atoms with Crippen molar-refractivity contribution >= 4 is 0 Å². The van der Waals surface area contributed by atoms with Crippen LogP contribution in [0.15, 0.2) is 0 Å². The maximum absolute atomic E-state index is 3.49. The molecule has 0 unspecified atom stereocenters. The van der Waals surface area contributed by atoms with Crippen molar-refractivity contribution < 1.29 is 20.1 Å². The van der Waals surface area contributed by atoms with E-state index in [1.54, 1.807) is 0 Å². The molecule has 0 aromatic heterocycles. The minimum absolute atomic E-state index is 0. The molecule has 0 saturated heterocycles. The Balaban J connectivity index is -0.0000000489. The van der Waals surface area contributed by atoms with Crippen LogP contribution in [-0.2, 0) is 20.1 Å². The fourth-order valence-corrected chi connectivity index (χ4v) is 0.898. The van der Waals surface area contributed by atoms with Gasteiger partial charge in [0.2, 0.25) is 0 Å². The van der Waals surface area contributed by atoms with Crippen molar-refractivity contribution in [1.29, 1.82) is 0 Å². The van der Waals surface area contributed by atoms with Crippen molar-refractivity contribution in [2.45, 2.75) is 45.4 Å². The van der Waals surface area contributed by atoms with Crippen molar-refractivity contribution in [3.8, 4) is 0 Å².